The molecule has 4 N–H and O–H groups in total. The van der Waals surface area contributed by atoms with Crippen LogP contribution in [0.2, 0.25) is 0 Å². The number of carbonyl (C=O) groups excluding carboxylic acids is 1. The molecule has 1 amide bonds. The highest BCUT2D eigenvalue weighted by Gasteiger charge is 2.17. The maximum atomic E-state index is 11.8. The fourth-order valence-electron chi connectivity index (χ4n) is 1.93. The van der Waals surface area contributed by atoms with Gasteiger partial charge in [-0.15, -0.1) is 0 Å². The number of amides is 1. The van der Waals surface area contributed by atoms with E-state index in [1.165, 1.54) is 0 Å². The number of carbonyl (C=O) groups is 1. The van der Waals surface area contributed by atoms with Gasteiger partial charge in [0.05, 0.1) is 32.5 Å². The number of aliphatic hydroxyl groups excluding tert-OH is 2. The Hall–Kier alpha value is -1.63. The van der Waals surface area contributed by atoms with E-state index in [0.29, 0.717) is 25.4 Å². The summed E-state index contributed by atoms with van der Waals surface area (Å²) in [6, 6.07) is 0. The highest BCUT2D eigenvalue weighted by Crippen LogP contribution is 2.07. The first-order valence-electron chi connectivity index (χ1n) is 7.37. The second-order valence-corrected chi connectivity index (χ2v) is 5.00. The van der Waals surface area contributed by atoms with Crippen LogP contribution in [0, 0.1) is 11.8 Å². The van der Waals surface area contributed by atoms with Crippen molar-refractivity contribution < 1.29 is 24.5 Å². The van der Waals surface area contributed by atoms with Crippen molar-refractivity contribution in [2.45, 2.75) is 18.8 Å². The topological polar surface area (TPSA) is 103 Å². The Labute approximate surface area is 136 Å². The fourth-order valence-corrected chi connectivity index (χ4v) is 1.93. The fraction of sp³-hybridized carbons (Fsp3) is 0.667. The summed E-state index contributed by atoms with van der Waals surface area (Å²) in [7, 11) is 3.27. The minimum Gasteiger partial charge on any atom is -0.392 e. The smallest absolute Gasteiger partial charge is 0.262 e. The normalized spacial score (nSPS) is 17.0. The number of ether oxygens (including phenoxy) is 2. The van der Waals surface area contributed by atoms with E-state index in [1.807, 2.05) is 4.90 Å². The molecule has 8 heteroatoms. The van der Waals surface area contributed by atoms with Crippen LogP contribution in [-0.2, 0) is 14.3 Å². The molecular formula is C15H25N3O5. The summed E-state index contributed by atoms with van der Waals surface area (Å²) in [6.07, 6.45) is 1.47. The molecule has 1 aliphatic heterocycles. The predicted octanol–water partition coefficient (Wildman–Crippen LogP) is -1.79. The molecule has 0 saturated heterocycles. The van der Waals surface area contributed by atoms with Gasteiger partial charge in [0.25, 0.3) is 5.91 Å². The van der Waals surface area contributed by atoms with Gasteiger partial charge < -0.3 is 29.9 Å². The van der Waals surface area contributed by atoms with Crippen molar-refractivity contribution in [2.24, 2.45) is 0 Å². The Kier molecular flexibility index (Phi) is 9.28. The van der Waals surface area contributed by atoms with Crippen molar-refractivity contribution in [1.29, 1.82) is 0 Å². The van der Waals surface area contributed by atoms with Gasteiger partial charge in [0.15, 0.2) is 0 Å². The average Bonchev–Trinajstić information content (AvgIpc) is 2.57. The van der Waals surface area contributed by atoms with Crippen molar-refractivity contribution in [2.75, 3.05) is 47.2 Å². The average molecular weight is 327 g/mol. The van der Waals surface area contributed by atoms with Gasteiger partial charge in [-0.1, -0.05) is 11.8 Å². The van der Waals surface area contributed by atoms with E-state index in [-0.39, 0.29) is 25.2 Å². The Morgan fingerprint density at radius 2 is 2.30 bits per heavy atom. The number of hydrogen-bond donors (Lipinski definition) is 4. The van der Waals surface area contributed by atoms with Gasteiger partial charge in [0, 0.05) is 27.0 Å². The second-order valence-electron chi connectivity index (χ2n) is 5.00. The van der Waals surface area contributed by atoms with E-state index < -0.39 is 6.23 Å². The van der Waals surface area contributed by atoms with Crippen LogP contribution in [0.4, 0.5) is 0 Å². The Morgan fingerprint density at radius 3 is 2.96 bits per heavy atom. The molecule has 8 nitrogen and oxygen atoms in total. The standard InChI is InChI=1S/C15H25N3O5/c1-22-10-13(23-2)5-7-18-8-12(15(21)17-11-18)4-3-6-16-14(20)9-19/h8,13-14,16,19-20H,5-7,9-11H2,1-2H3,(H,17,21). The van der Waals surface area contributed by atoms with E-state index in [4.69, 9.17) is 19.7 Å². The van der Waals surface area contributed by atoms with Gasteiger partial charge in [0.1, 0.15) is 11.8 Å². The molecule has 0 radical (unpaired) electrons. The Balaban J connectivity index is 2.52. The zero-order valence-corrected chi connectivity index (χ0v) is 13.5. The molecule has 0 saturated carbocycles. The van der Waals surface area contributed by atoms with Gasteiger partial charge in [-0.25, -0.2) is 0 Å². The molecule has 0 aliphatic carbocycles. The molecule has 1 heterocycles. The van der Waals surface area contributed by atoms with Crippen LogP contribution in [0.25, 0.3) is 0 Å². The van der Waals surface area contributed by atoms with E-state index in [9.17, 15) is 4.79 Å². The number of methoxy groups -OCH3 is 2. The van der Waals surface area contributed by atoms with Crippen molar-refractivity contribution in [3.05, 3.63) is 11.8 Å². The molecule has 0 bridgehead atoms. The lowest BCUT2D eigenvalue weighted by Crippen LogP contribution is -2.41. The first kappa shape index (κ1) is 19.4. The lowest BCUT2D eigenvalue weighted by Gasteiger charge is -2.27. The highest BCUT2D eigenvalue weighted by molar-refractivity contribution is 5.98. The van der Waals surface area contributed by atoms with Crippen LogP contribution in [-0.4, -0.2) is 80.5 Å². The van der Waals surface area contributed by atoms with Crippen LogP contribution in [0.3, 0.4) is 0 Å². The van der Waals surface area contributed by atoms with E-state index in [0.717, 1.165) is 6.42 Å². The van der Waals surface area contributed by atoms with Crippen LogP contribution in [0.1, 0.15) is 6.42 Å². The Bertz CT molecular complexity index is 458. The summed E-state index contributed by atoms with van der Waals surface area (Å²) < 4.78 is 10.4. The van der Waals surface area contributed by atoms with Crippen LogP contribution >= 0.6 is 0 Å². The molecule has 2 unspecified atom stereocenters. The van der Waals surface area contributed by atoms with Crippen molar-refractivity contribution in [3.63, 3.8) is 0 Å². The van der Waals surface area contributed by atoms with Gasteiger partial charge >= 0.3 is 0 Å². The summed E-state index contributed by atoms with van der Waals surface area (Å²) >= 11 is 0. The summed E-state index contributed by atoms with van der Waals surface area (Å²) in [5, 5.41) is 23.1. The lowest BCUT2D eigenvalue weighted by atomic mass is 10.2. The van der Waals surface area contributed by atoms with Crippen molar-refractivity contribution in [1.82, 2.24) is 15.5 Å². The number of nitrogens with one attached hydrogen (secondary N) is 2. The molecule has 1 rings (SSSR count). The number of aliphatic hydroxyl groups is 2. The van der Waals surface area contributed by atoms with Gasteiger partial charge in [-0.2, -0.15) is 0 Å². The molecule has 1 aliphatic rings. The SMILES string of the molecule is COCC(CCN1C=C(C#CCNC(O)CO)C(=O)NC1)OC. The monoisotopic (exact) mass is 327 g/mol. The second kappa shape index (κ2) is 11.0. The molecule has 2 atom stereocenters. The summed E-state index contributed by atoms with van der Waals surface area (Å²) in [5.41, 5.74) is 0.359. The molecule has 0 fully saturated rings. The van der Waals surface area contributed by atoms with Gasteiger partial charge in [-0.3, -0.25) is 10.1 Å². The third-order valence-corrected chi connectivity index (χ3v) is 3.25. The predicted molar refractivity (Wildman–Crippen MR) is 84.0 cm³/mol. The zero-order valence-electron chi connectivity index (χ0n) is 13.5. The minimum absolute atomic E-state index is 0.00438. The molecule has 130 valence electrons. The van der Waals surface area contributed by atoms with Crippen LogP contribution in [0.15, 0.2) is 11.8 Å². The first-order valence-corrected chi connectivity index (χ1v) is 7.37. The van der Waals surface area contributed by atoms with E-state index in [2.05, 4.69) is 22.5 Å². The first-order chi connectivity index (χ1) is 11.1. The highest BCUT2D eigenvalue weighted by atomic mass is 16.5. The molecule has 0 spiro atoms. The van der Waals surface area contributed by atoms with E-state index >= 15 is 0 Å². The molecular weight excluding hydrogens is 302 g/mol. The number of rotatable bonds is 9. The third-order valence-electron chi connectivity index (χ3n) is 3.25. The minimum atomic E-state index is -1.01. The summed E-state index contributed by atoms with van der Waals surface area (Å²) in [6.45, 7) is 1.43. The number of nitrogens with zero attached hydrogens (tertiary/aromatic N) is 1. The summed E-state index contributed by atoms with van der Waals surface area (Å²) in [5.74, 6) is 5.26. The quantitative estimate of drug-likeness (QED) is 0.293. The Morgan fingerprint density at radius 1 is 1.52 bits per heavy atom. The maximum Gasteiger partial charge on any atom is 0.262 e. The molecule has 23 heavy (non-hydrogen) atoms. The lowest BCUT2D eigenvalue weighted by molar-refractivity contribution is -0.118. The van der Waals surface area contributed by atoms with Crippen molar-refractivity contribution >= 4 is 5.91 Å². The maximum absolute atomic E-state index is 11.8. The molecule has 0 aromatic rings. The van der Waals surface area contributed by atoms with E-state index in [1.54, 1.807) is 20.4 Å². The summed E-state index contributed by atoms with van der Waals surface area (Å²) in [4.78, 5) is 13.7. The molecule has 0 aromatic carbocycles. The van der Waals surface area contributed by atoms with Gasteiger partial charge in [0.2, 0.25) is 0 Å². The van der Waals surface area contributed by atoms with Crippen molar-refractivity contribution in [3.8, 4) is 11.8 Å². The molecule has 0 aromatic heterocycles. The van der Waals surface area contributed by atoms with Crippen LogP contribution in [0.5, 0.6) is 0 Å². The number of hydrogen-bond acceptors (Lipinski definition) is 7. The third kappa shape index (κ3) is 7.45. The van der Waals surface area contributed by atoms with Crippen LogP contribution < -0.4 is 10.6 Å². The van der Waals surface area contributed by atoms with Gasteiger partial charge in [-0.05, 0) is 6.42 Å². The zero-order chi connectivity index (χ0) is 17.1. The largest absolute Gasteiger partial charge is 0.392 e.